The van der Waals surface area contributed by atoms with Gasteiger partial charge in [-0.3, -0.25) is 0 Å². The topological polar surface area (TPSA) is 52.6 Å². The first-order chi connectivity index (χ1) is 8.69. The van der Waals surface area contributed by atoms with E-state index in [9.17, 15) is 4.79 Å². The Balaban J connectivity index is 1.82. The Morgan fingerprint density at radius 3 is 3.06 bits per heavy atom. The zero-order chi connectivity index (χ0) is 13.0. The molecular weight excluding hydrogens is 296 g/mol. The number of rotatable bonds is 3. The van der Waals surface area contributed by atoms with Crippen molar-refractivity contribution in [1.82, 2.24) is 10.2 Å². The van der Waals surface area contributed by atoms with Crippen molar-refractivity contribution in [3.63, 3.8) is 0 Å². The van der Waals surface area contributed by atoms with Crippen LogP contribution in [0.5, 0.6) is 0 Å². The molecule has 1 fully saturated rings. The van der Waals surface area contributed by atoms with Crippen LogP contribution in [0.1, 0.15) is 12.0 Å². The second-order valence-corrected chi connectivity index (χ2v) is 5.49. The lowest BCUT2D eigenvalue weighted by atomic mass is 10.1. The van der Waals surface area contributed by atoms with Crippen molar-refractivity contribution >= 4 is 22.0 Å². The highest BCUT2D eigenvalue weighted by Gasteiger charge is 2.25. The molecule has 1 aliphatic heterocycles. The number of aliphatic hydroxyl groups is 1. The molecule has 1 aromatic carbocycles. The van der Waals surface area contributed by atoms with Crippen molar-refractivity contribution in [2.45, 2.75) is 13.0 Å². The summed E-state index contributed by atoms with van der Waals surface area (Å²) in [6, 6.07) is 7.82. The second kappa shape index (κ2) is 6.20. The van der Waals surface area contributed by atoms with Gasteiger partial charge in [0, 0.05) is 36.6 Å². The van der Waals surface area contributed by atoms with Gasteiger partial charge in [0.05, 0.1) is 0 Å². The first-order valence-electron chi connectivity index (χ1n) is 6.07. The van der Waals surface area contributed by atoms with Gasteiger partial charge in [0.2, 0.25) is 0 Å². The number of nitrogens with one attached hydrogen (secondary N) is 1. The Hall–Kier alpha value is -1.07. The van der Waals surface area contributed by atoms with Crippen molar-refractivity contribution in [3.05, 3.63) is 34.3 Å². The second-order valence-electron chi connectivity index (χ2n) is 4.57. The fraction of sp³-hybridized carbons (Fsp3) is 0.462. The van der Waals surface area contributed by atoms with Crippen LogP contribution in [0.25, 0.3) is 0 Å². The largest absolute Gasteiger partial charge is 0.396 e. The Morgan fingerprint density at radius 1 is 1.56 bits per heavy atom. The van der Waals surface area contributed by atoms with Crippen LogP contribution in [0.4, 0.5) is 4.79 Å². The van der Waals surface area contributed by atoms with E-state index in [2.05, 4.69) is 21.2 Å². The fourth-order valence-corrected chi connectivity index (χ4v) is 2.55. The summed E-state index contributed by atoms with van der Waals surface area (Å²) in [6.07, 6.45) is 0.890. The lowest BCUT2D eigenvalue weighted by Crippen LogP contribution is -2.38. The predicted molar refractivity (Wildman–Crippen MR) is 73.1 cm³/mol. The molecule has 1 aromatic rings. The maximum absolute atomic E-state index is 11.9. The lowest BCUT2D eigenvalue weighted by Gasteiger charge is -2.17. The van der Waals surface area contributed by atoms with Gasteiger partial charge in [-0.1, -0.05) is 28.1 Å². The first kappa shape index (κ1) is 13.4. The molecule has 0 aliphatic carbocycles. The molecule has 0 bridgehead atoms. The van der Waals surface area contributed by atoms with E-state index in [1.165, 1.54) is 0 Å². The maximum atomic E-state index is 11.9. The monoisotopic (exact) mass is 312 g/mol. The maximum Gasteiger partial charge on any atom is 0.317 e. The van der Waals surface area contributed by atoms with E-state index >= 15 is 0 Å². The van der Waals surface area contributed by atoms with Gasteiger partial charge in [0.25, 0.3) is 0 Å². The van der Waals surface area contributed by atoms with Gasteiger partial charge in [-0.15, -0.1) is 0 Å². The van der Waals surface area contributed by atoms with Gasteiger partial charge < -0.3 is 15.3 Å². The molecule has 1 aliphatic rings. The van der Waals surface area contributed by atoms with Crippen LogP contribution in [0.15, 0.2) is 28.7 Å². The van der Waals surface area contributed by atoms with Crippen molar-refractivity contribution in [2.24, 2.45) is 5.92 Å². The minimum atomic E-state index is -0.0501. The molecule has 0 radical (unpaired) electrons. The lowest BCUT2D eigenvalue weighted by molar-refractivity contribution is 0.198. The molecule has 2 N–H and O–H groups in total. The number of hydrogen-bond acceptors (Lipinski definition) is 2. The zero-order valence-corrected chi connectivity index (χ0v) is 11.7. The summed E-state index contributed by atoms with van der Waals surface area (Å²) in [5.74, 6) is 0.238. The molecule has 1 unspecified atom stereocenters. The van der Waals surface area contributed by atoms with Crippen LogP contribution >= 0.6 is 15.9 Å². The molecule has 0 aromatic heterocycles. The average molecular weight is 313 g/mol. The molecule has 18 heavy (non-hydrogen) atoms. The Bertz CT molecular complexity index is 425. The molecule has 4 nitrogen and oxygen atoms in total. The standard InChI is InChI=1S/C13H17BrN2O2/c14-12-3-1-2-10(6-12)7-15-13(18)16-5-4-11(8-16)9-17/h1-3,6,11,17H,4-5,7-9H2,(H,15,18). The van der Waals surface area contributed by atoms with E-state index in [-0.39, 0.29) is 18.6 Å². The van der Waals surface area contributed by atoms with Crippen LogP contribution in [0, 0.1) is 5.92 Å². The number of amides is 2. The number of carbonyl (C=O) groups excluding carboxylic acids is 1. The highest BCUT2D eigenvalue weighted by molar-refractivity contribution is 9.10. The van der Waals surface area contributed by atoms with Crippen LogP contribution < -0.4 is 5.32 Å². The summed E-state index contributed by atoms with van der Waals surface area (Å²) in [5.41, 5.74) is 1.07. The summed E-state index contributed by atoms with van der Waals surface area (Å²) in [5, 5.41) is 11.9. The normalized spacial score (nSPS) is 19.0. The number of carbonyl (C=O) groups is 1. The molecule has 2 rings (SSSR count). The number of benzene rings is 1. The number of aliphatic hydroxyl groups excluding tert-OH is 1. The molecule has 1 heterocycles. The van der Waals surface area contributed by atoms with Gasteiger partial charge in [0.1, 0.15) is 0 Å². The van der Waals surface area contributed by atoms with Gasteiger partial charge >= 0.3 is 6.03 Å². The van der Waals surface area contributed by atoms with Gasteiger partial charge in [-0.25, -0.2) is 4.79 Å². The van der Waals surface area contributed by atoms with Gasteiger partial charge in [-0.05, 0) is 24.1 Å². The van der Waals surface area contributed by atoms with Gasteiger partial charge in [0.15, 0.2) is 0 Å². The van der Waals surface area contributed by atoms with Crippen LogP contribution in [-0.2, 0) is 6.54 Å². The molecule has 0 saturated carbocycles. The number of likely N-dealkylation sites (tertiary alicyclic amines) is 1. The van der Waals surface area contributed by atoms with E-state index in [4.69, 9.17) is 5.11 Å². The summed E-state index contributed by atoms with van der Waals surface area (Å²) in [6.45, 7) is 2.07. The van der Waals surface area contributed by atoms with Crippen molar-refractivity contribution in [1.29, 1.82) is 0 Å². The third-order valence-electron chi connectivity index (χ3n) is 3.16. The molecule has 5 heteroatoms. The third-order valence-corrected chi connectivity index (χ3v) is 3.66. The third kappa shape index (κ3) is 3.46. The van der Waals surface area contributed by atoms with E-state index in [0.29, 0.717) is 13.1 Å². The summed E-state index contributed by atoms with van der Waals surface area (Å²) >= 11 is 3.40. The van der Waals surface area contributed by atoms with Crippen molar-refractivity contribution < 1.29 is 9.90 Å². The smallest absolute Gasteiger partial charge is 0.317 e. The molecule has 0 spiro atoms. The summed E-state index contributed by atoms with van der Waals surface area (Å²) < 4.78 is 1.01. The number of urea groups is 1. The predicted octanol–water partition coefficient (Wildman–Crippen LogP) is 1.97. The molecule has 1 saturated heterocycles. The Kier molecular flexibility index (Phi) is 4.60. The van der Waals surface area contributed by atoms with Crippen LogP contribution in [0.2, 0.25) is 0 Å². The van der Waals surface area contributed by atoms with E-state index < -0.39 is 0 Å². The molecular formula is C13H17BrN2O2. The van der Waals surface area contributed by atoms with E-state index in [0.717, 1.165) is 23.0 Å². The number of nitrogens with zero attached hydrogens (tertiary/aromatic N) is 1. The highest BCUT2D eigenvalue weighted by Crippen LogP contribution is 2.15. The molecule has 1 atom stereocenters. The highest BCUT2D eigenvalue weighted by atomic mass is 79.9. The van der Waals surface area contributed by atoms with E-state index in [1.54, 1.807) is 4.90 Å². The summed E-state index contributed by atoms with van der Waals surface area (Å²) in [4.78, 5) is 13.6. The minimum Gasteiger partial charge on any atom is -0.396 e. The first-order valence-corrected chi connectivity index (χ1v) is 6.86. The average Bonchev–Trinajstić information content (AvgIpc) is 2.85. The summed E-state index contributed by atoms with van der Waals surface area (Å²) in [7, 11) is 0. The van der Waals surface area contributed by atoms with Crippen molar-refractivity contribution in [2.75, 3.05) is 19.7 Å². The minimum absolute atomic E-state index is 0.0501. The molecule has 98 valence electrons. The Morgan fingerprint density at radius 2 is 2.39 bits per heavy atom. The van der Waals surface area contributed by atoms with Crippen LogP contribution in [-0.4, -0.2) is 35.7 Å². The molecule has 2 amide bonds. The van der Waals surface area contributed by atoms with E-state index in [1.807, 2.05) is 24.3 Å². The quantitative estimate of drug-likeness (QED) is 0.896. The number of halogens is 1. The van der Waals surface area contributed by atoms with Crippen LogP contribution in [0.3, 0.4) is 0 Å². The fourth-order valence-electron chi connectivity index (χ4n) is 2.10. The number of hydrogen-bond donors (Lipinski definition) is 2. The SMILES string of the molecule is O=C(NCc1cccc(Br)c1)N1CCC(CO)C1. The Labute approximate surface area is 115 Å². The van der Waals surface area contributed by atoms with Gasteiger partial charge in [-0.2, -0.15) is 0 Å². The van der Waals surface area contributed by atoms with Crippen molar-refractivity contribution in [3.8, 4) is 0 Å². The zero-order valence-electron chi connectivity index (χ0n) is 10.1.